The van der Waals surface area contributed by atoms with Crippen molar-refractivity contribution in [1.82, 2.24) is 4.98 Å². The summed E-state index contributed by atoms with van der Waals surface area (Å²) in [6.07, 6.45) is 0.872. The smallest absolute Gasteiger partial charge is 0.187 e. The van der Waals surface area contributed by atoms with Crippen LogP contribution in [-0.4, -0.2) is 28.8 Å². The maximum atomic E-state index is 10.2. The Morgan fingerprint density at radius 2 is 1.79 bits per heavy atom. The zero-order valence-electron chi connectivity index (χ0n) is 17.0. The maximum absolute atomic E-state index is 10.2. The van der Waals surface area contributed by atoms with Gasteiger partial charge in [0.1, 0.15) is 6.04 Å². The summed E-state index contributed by atoms with van der Waals surface area (Å²) in [6.45, 7) is 6.26. The topological polar surface area (TPSA) is 60.2 Å². The Kier molecular flexibility index (Phi) is 5.40. The van der Waals surface area contributed by atoms with E-state index in [1.54, 1.807) is 11.3 Å². The quantitative estimate of drug-likeness (QED) is 0.662. The third-order valence-electron chi connectivity index (χ3n) is 5.92. The number of nitrogens with zero attached hydrogens (tertiary/aromatic N) is 3. The highest BCUT2D eigenvalue weighted by Gasteiger charge is 2.51. The van der Waals surface area contributed by atoms with Gasteiger partial charge in [0.2, 0.25) is 0 Å². The predicted molar refractivity (Wildman–Crippen MR) is 118 cm³/mol. The first-order valence-corrected chi connectivity index (χ1v) is 10.8. The molecule has 148 valence electrons. The average molecular weight is 404 g/mol. The fraction of sp³-hybridized carbons (Fsp3) is 0.333. The molecule has 3 aromatic rings. The minimum absolute atomic E-state index is 0.00889. The molecule has 0 unspecified atom stereocenters. The lowest BCUT2D eigenvalue weighted by molar-refractivity contribution is 0.188. The molecule has 3 atom stereocenters. The predicted octanol–water partition coefficient (Wildman–Crippen LogP) is 4.85. The Morgan fingerprint density at radius 3 is 2.41 bits per heavy atom. The van der Waals surface area contributed by atoms with E-state index in [1.807, 2.05) is 29.2 Å². The summed E-state index contributed by atoms with van der Waals surface area (Å²) < 4.78 is 0. The molecule has 2 aromatic carbocycles. The number of hydrogen-bond donors (Lipinski definition) is 1. The SMILES string of the molecule is CCc1nc(N2[C@@H](C#N)[C@H](c3ccccc3-c3ccccc3C)[C@@H]2CO)sc1C. The first-order valence-electron chi connectivity index (χ1n) is 10.0. The number of aryl methyl sites for hydroxylation is 3. The van der Waals surface area contributed by atoms with Crippen molar-refractivity contribution < 1.29 is 5.11 Å². The largest absolute Gasteiger partial charge is 0.394 e. The van der Waals surface area contributed by atoms with Crippen LogP contribution in [-0.2, 0) is 6.42 Å². The number of aliphatic hydroxyl groups excluding tert-OH is 1. The van der Waals surface area contributed by atoms with Gasteiger partial charge in [0.05, 0.1) is 24.4 Å². The van der Waals surface area contributed by atoms with Crippen LogP contribution in [0.2, 0.25) is 0 Å². The number of hydrogen-bond acceptors (Lipinski definition) is 5. The van der Waals surface area contributed by atoms with Gasteiger partial charge >= 0.3 is 0 Å². The van der Waals surface area contributed by atoms with Crippen LogP contribution in [0.5, 0.6) is 0 Å². The molecule has 0 radical (unpaired) electrons. The highest BCUT2D eigenvalue weighted by atomic mass is 32.1. The van der Waals surface area contributed by atoms with Crippen molar-refractivity contribution in [3.63, 3.8) is 0 Å². The van der Waals surface area contributed by atoms with Gasteiger partial charge in [-0.25, -0.2) is 4.98 Å². The Labute approximate surface area is 176 Å². The first-order chi connectivity index (χ1) is 14.1. The molecule has 29 heavy (non-hydrogen) atoms. The summed E-state index contributed by atoms with van der Waals surface area (Å²) in [5.41, 5.74) is 5.70. The highest BCUT2D eigenvalue weighted by molar-refractivity contribution is 7.15. The number of thiazole rings is 1. The van der Waals surface area contributed by atoms with Gasteiger partial charge in [-0.1, -0.05) is 55.5 Å². The molecule has 5 heteroatoms. The number of rotatable bonds is 5. The van der Waals surface area contributed by atoms with E-state index in [2.05, 4.69) is 51.1 Å². The van der Waals surface area contributed by atoms with Crippen LogP contribution < -0.4 is 4.90 Å². The van der Waals surface area contributed by atoms with Crippen LogP contribution >= 0.6 is 11.3 Å². The van der Waals surface area contributed by atoms with Gasteiger partial charge in [-0.3, -0.25) is 0 Å². The van der Waals surface area contributed by atoms with Gasteiger partial charge in [0, 0.05) is 10.8 Å². The zero-order valence-corrected chi connectivity index (χ0v) is 17.8. The van der Waals surface area contributed by atoms with Crippen molar-refractivity contribution in [3.8, 4) is 17.2 Å². The van der Waals surface area contributed by atoms with Crippen LogP contribution in [0.25, 0.3) is 11.1 Å². The second-order valence-corrected chi connectivity index (χ2v) is 8.69. The lowest BCUT2D eigenvalue weighted by atomic mass is 9.73. The molecule has 1 N–H and O–H groups in total. The molecule has 1 aliphatic rings. The highest BCUT2D eigenvalue weighted by Crippen LogP contribution is 2.47. The molecule has 1 aromatic heterocycles. The normalized spacial score (nSPS) is 20.9. The standard InChI is InChI=1S/C24H25N3OS/c1-4-20-16(3)29-24(26-20)27-21(13-25)23(22(27)14-28)19-12-8-7-11-18(19)17-10-6-5-9-15(17)2/h5-12,21-23,28H,4,14H2,1-3H3/t21-,22-,23-/m0/s1. The summed E-state index contributed by atoms with van der Waals surface area (Å²) in [5, 5.41) is 21.1. The molecule has 0 aliphatic carbocycles. The second kappa shape index (κ2) is 7.98. The molecule has 0 bridgehead atoms. The lowest BCUT2D eigenvalue weighted by Crippen LogP contribution is -2.63. The summed E-state index contributed by atoms with van der Waals surface area (Å²) in [7, 11) is 0. The minimum atomic E-state index is -0.340. The van der Waals surface area contributed by atoms with Crippen molar-refractivity contribution in [2.45, 2.75) is 45.2 Å². The van der Waals surface area contributed by atoms with Crippen LogP contribution in [0, 0.1) is 25.2 Å². The molecule has 2 heterocycles. The van der Waals surface area contributed by atoms with Crippen molar-refractivity contribution in [2.24, 2.45) is 0 Å². The van der Waals surface area contributed by atoms with Gasteiger partial charge in [0.15, 0.2) is 5.13 Å². The molecule has 4 nitrogen and oxygen atoms in total. The molecule has 4 rings (SSSR count). The van der Waals surface area contributed by atoms with Gasteiger partial charge in [-0.2, -0.15) is 5.26 Å². The van der Waals surface area contributed by atoms with E-state index in [0.29, 0.717) is 0 Å². The summed E-state index contributed by atoms with van der Waals surface area (Å²) >= 11 is 1.61. The third kappa shape index (κ3) is 3.23. The van der Waals surface area contributed by atoms with Crippen molar-refractivity contribution in [2.75, 3.05) is 11.5 Å². The summed E-state index contributed by atoms with van der Waals surface area (Å²) in [5.74, 6) is -0.0601. The number of aliphatic hydroxyl groups is 1. The fourth-order valence-corrected chi connectivity index (χ4v) is 5.49. The molecule has 1 fully saturated rings. The Balaban J connectivity index is 1.77. The van der Waals surface area contributed by atoms with Gasteiger partial charge in [-0.15, -0.1) is 11.3 Å². The molecule has 1 saturated heterocycles. The lowest BCUT2D eigenvalue weighted by Gasteiger charge is -2.52. The van der Waals surface area contributed by atoms with E-state index in [1.165, 1.54) is 16.0 Å². The van der Waals surface area contributed by atoms with Crippen LogP contribution in [0.3, 0.4) is 0 Å². The van der Waals surface area contributed by atoms with E-state index in [-0.39, 0.29) is 24.6 Å². The first kappa shape index (κ1) is 19.6. The molecule has 0 amide bonds. The molecule has 1 aliphatic heterocycles. The monoisotopic (exact) mass is 403 g/mol. The van der Waals surface area contributed by atoms with Gasteiger partial charge < -0.3 is 10.0 Å². The molecular formula is C24H25N3OS. The van der Waals surface area contributed by atoms with Gasteiger partial charge in [-0.05, 0) is 42.5 Å². The van der Waals surface area contributed by atoms with E-state index >= 15 is 0 Å². The van der Waals surface area contributed by atoms with Crippen LogP contribution in [0.1, 0.15) is 34.5 Å². The Bertz CT molecular complexity index is 1070. The summed E-state index contributed by atoms with van der Waals surface area (Å²) in [4.78, 5) is 7.94. The number of aromatic nitrogens is 1. The number of nitriles is 1. The fourth-order valence-electron chi connectivity index (χ4n) is 4.40. The zero-order chi connectivity index (χ0) is 20.5. The second-order valence-electron chi connectivity index (χ2n) is 7.51. The Morgan fingerprint density at radius 1 is 1.10 bits per heavy atom. The van der Waals surface area contributed by atoms with Crippen molar-refractivity contribution in [3.05, 3.63) is 70.2 Å². The third-order valence-corrected chi connectivity index (χ3v) is 6.95. The maximum Gasteiger partial charge on any atom is 0.187 e. The van der Waals surface area contributed by atoms with Crippen molar-refractivity contribution >= 4 is 16.5 Å². The van der Waals surface area contributed by atoms with Crippen LogP contribution in [0.4, 0.5) is 5.13 Å². The molecule has 0 saturated carbocycles. The minimum Gasteiger partial charge on any atom is -0.394 e. The van der Waals surface area contributed by atoms with Gasteiger partial charge in [0.25, 0.3) is 0 Å². The van der Waals surface area contributed by atoms with Crippen molar-refractivity contribution in [1.29, 1.82) is 5.26 Å². The van der Waals surface area contributed by atoms with E-state index < -0.39 is 0 Å². The van der Waals surface area contributed by atoms with E-state index in [4.69, 9.17) is 4.98 Å². The van der Waals surface area contributed by atoms with Crippen LogP contribution in [0.15, 0.2) is 48.5 Å². The molecular weight excluding hydrogens is 378 g/mol. The van der Waals surface area contributed by atoms with E-state index in [9.17, 15) is 10.4 Å². The number of benzene rings is 2. The van der Waals surface area contributed by atoms with E-state index in [0.717, 1.165) is 28.4 Å². The number of anilines is 1. The molecule has 0 spiro atoms. The summed E-state index contributed by atoms with van der Waals surface area (Å²) in [6, 6.07) is 18.6. The average Bonchev–Trinajstić information content (AvgIpc) is 3.08. The Hall–Kier alpha value is -2.68.